The maximum Gasteiger partial charge on any atom is 0.229 e. The Labute approximate surface area is 134 Å². The van der Waals surface area contributed by atoms with E-state index in [2.05, 4.69) is 15.3 Å². The summed E-state index contributed by atoms with van der Waals surface area (Å²) >= 11 is 5.94. The van der Waals surface area contributed by atoms with Gasteiger partial charge in [-0.15, -0.1) is 0 Å². The Hall–Kier alpha value is -1.69. The van der Waals surface area contributed by atoms with Gasteiger partial charge in [0.15, 0.2) is 0 Å². The van der Waals surface area contributed by atoms with E-state index >= 15 is 0 Å². The molecule has 6 nitrogen and oxygen atoms in total. The van der Waals surface area contributed by atoms with Crippen molar-refractivity contribution in [1.29, 1.82) is 0 Å². The van der Waals surface area contributed by atoms with Crippen molar-refractivity contribution in [2.75, 3.05) is 5.32 Å². The fourth-order valence-electron chi connectivity index (χ4n) is 3.29. The van der Waals surface area contributed by atoms with Crippen molar-refractivity contribution in [2.24, 2.45) is 0 Å². The lowest BCUT2D eigenvalue weighted by atomic mass is 9.90. The molecule has 1 saturated carbocycles. The molecule has 1 aromatic heterocycles. The number of amides is 2. The molecule has 3 rings (SSSR count). The molecule has 22 heavy (non-hydrogen) atoms. The zero-order valence-electron chi connectivity index (χ0n) is 12.5. The first-order valence-corrected chi connectivity index (χ1v) is 8.03. The monoisotopic (exact) mass is 322 g/mol. The number of anilines is 1. The molecule has 2 fully saturated rings. The largest absolute Gasteiger partial charge is 0.367 e. The summed E-state index contributed by atoms with van der Waals surface area (Å²) in [4.78, 5) is 33.4. The van der Waals surface area contributed by atoms with Gasteiger partial charge in [-0.05, 0) is 32.6 Å². The highest BCUT2D eigenvalue weighted by molar-refractivity contribution is 6.29. The molecule has 0 bridgehead atoms. The van der Waals surface area contributed by atoms with E-state index in [0.717, 1.165) is 31.5 Å². The first-order chi connectivity index (χ1) is 10.5. The van der Waals surface area contributed by atoms with Gasteiger partial charge in [0.1, 0.15) is 16.8 Å². The second kappa shape index (κ2) is 6.20. The van der Waals surface area contributed by atoms with E-state index in [0.29, 0.717) is 23.8 Å². The number of aromatic nitrogens is 2. The van der Waals surface area contributed by atoms with Gasteiger partial charge in [0.25, 0.3) is 0 Å². The van der Waals surface area contributed by atoms with Crippen LogP contribution in [0.4, 0.5) is 5.82 Å². The summed E-state index contributed by atoms with van der Waals surface area (Å²) in [5, 5.41) is 3.80. The highest BCUT2D eigenvalue weighted by Crippen LogP contribution is 2.28. The molecular weight excluding hydrogens is 304 g/mol. The summed E-state index contributed by atoms with van der Waals surface area (Å²) in [5.41, 5.74) is 0. The number of hydrogen-bond donors (Lipinski definition) is 1. The first-order valence-electron chi connectivity index (χ1n) is 7.65. The molecule has 0 aromatic carbocycles. The van der Waals surface area contributed by atoms with Crippen LogP contribution in [0.5, 0.6) is 0 Å². The molecule has 1 aliphatic heterocycles. The lowest BCUT2D eigenvalue weighted by molar-refractivity contribution is -0.141. The van der Waals surface area contributed by atoms with Gasteiger partial charge in [0.05, 0.1) is 0 Å². The van der Waals surface area contributed by atoms with Crippen molar-refractivity contribution in [1.82, 2.24) is 14.9 Å². The average Bonchev–Trinajstić information content (AvgIpc) is 2.78. The van der Waals surface area contributed by atoms with Crippen LogP contribution in [0.15, 0.2) is 6.07 Å². The highest BCUT2D eigenvalue weighted by Gasteiger charge is 2.36. The van der Waals surface area contributed by atoms with Gasteiger partial charge in [-0.2, -0.15) is 0 Å². The predicted octanol–water partition coefficient (Wildman–Crippen LogP) is 2.31. The Morgan fingerprint density at radius 2 is 1.77 bits per heavy atom. The topological polar surface area (TPSA) is 75.2 Å². The second-order valence-electron chi connectivity index (χ2n) is 5.93. The lowest BCUT2D eigenvalue weighted by Crippen LogP contribution is -2.43. The normalized spacial score (nSPS) is 25.6. The van der Waals surface area contributed by atoms with Gasteiger partial charge in [-0.3, -0.25) is 14.5 Å². The number of carbonyl (C=O) groups excluding carboxylic acids is 2. The van der Waals surface area contributed by atoms with E-state index in [1.165, 1.54) is 4.90 Å². The Kier molecular flexibility index (Phi) is 4.29. The van der Waals surface area contributed by atoms with Gasteiger partial charge in [0, 0.05) is 31.0 Å². The van der Waals surface area contributed by atoms with Crippen LogP contribution in [0, 0.1) is 6.92 Å². The molecule has 2 aliphatic rings. The predicted molar refractivity (Wildman–Crippen MR) is 82.5 cm³/mol. The van der Waals surface area contributed by atoms with Crippen LogP contribution >= 0.6 is 11.6 Å². The van der Waals surface area contributed by atoms with Gasteiger partial charge >= 0.3 is 0 Å². The third-order valence-electron chi connectivity index (χ3n) is 4.31. The van der Waals surface area contributed by atoms with E-state index in [1.54, 1.807) is 13.0 Å². The Balaban J connectivity index is 1.57. The van der Waals surface area contributed by atoms with Gasteiger partial charge in [-0.25, -0.2) is 9.97 Å². The molecule has 0 unspecified atom stereocenters. The van der Waals surface area contributed by atoms with Crippen LogP contribution in [-0.2, 0) is 9.59 Å². The molecule has 0 radical (unpaired) electrons. The van der Waals surface area contributed by atoms with E-state index in [-0.39, 0.29) is 23.9 Å². The van der Waals surface area contributed by atoms with Gasteiger partial charge in [-0.1, -0.05) is 11.6 Å². The third-order valence-corrected chi connectivity index (χ3v) is 4.50. The van der Waals surface area contributed by atoms with Crippen molar-refractivity contribution in [2.45, 2.75) is 57.5 Å². The van der Waals surface area contributed by atoms with Crippen molar-refractivity contribution >= 4 is 29.2 Å². The van der Waals surface area contributed by atoms with Gasteiger partial charge < -0.3 is 5.32 Å². The zero-order valence-corrected chi connectivity index (χ0v) is 13.3. The summed E-state index contributed by atoms with van der Waals surface area (Å²) in [6.07, 6.45) is 4.23. The van der Waals surface area contributed by atoms with Gasteiger partial charge in [0.2, 0.25) is 11.8 Å². The smallest absolute Gasteiger partial charge is 0.229 e. The minimum atomic E-state index is -0.0142. The number of aryl methyl sites for hydroxylation is 1. The molecule has 0 atom stereocenters. The first kappa shape index (κ1) is 15.2. The summed E-state index contributed by atoms with van der Waals surface area (Å²) in [5.74, 6) is 1.34. The number of imide groups is 1. The third kappa shape index (κ3) is 3.21. The fraction of sp³-hybridized carbons (Fsp3) is 0.600. The molecule has 1 N–H and O–H groups in total. The quantitative estimate of drug-likeness (QED) is 0.682. The van der Waals surface area contributed by atoms with Crippen molar-refractivity contribution in [3.8, 4) is 0 Å². The SMILES string of the molecule is Cc1nc(Cl)cc(NC2CCC(N3C(=O)CCC3=O)CC2)n1. The highest BCUT2D eigenvalue weighted by atomic mass is 35.5. The number of nitrogens with one attached hydrogen (secondary N) is 1. The van der Waals surface area contributed by atoms with Crippen LogP contribution < -0.4 is 5.32 Å². The van der Waals surface area contributed by atoms with Crippen molar-refractivity contribution in [3.05, 3.63) is 17.0 Å². The molecule has 1 aromatic rings. The zero-order chi connectivity index (χ0) is 15.7. The van der Waals surface area contributed by atoms with Crippen LogP contribution in [-0.4, -0.2) is 38.8 Å². The van der Waals surface area contributed by atoms with E-state index < -0.39 is 0 Å². The lowest BCUT2D eigenvalue weighted by Gasteiger charge is -2.34. The Morgan fingerprint density at radius 1 is 1.14 bits per heavy atom. The molecule has 1 aliphatic carbocycles. The van der Waals surface area contributed by atoms with Crippen LogP contribution in [0.1, 0.15) is 44.3 Å². The Bertz CT molecular complexity index is 563. The van der Waals surface area contributed by atoms with E-state index in [9.17, 15) is 9.59 Å². The number of carbonyl (C=O) groups is 2. The van der Waals surface area contributed by atoms with E-state index in [4.69, 9.17) is 11.6 Å². The Morgan fingerprint density at radius 3 is 2.36 bits per heavy atom. The molecule has 0 spiro atoms. The minimum absolute atomic E-state index is 0.0142. The maximum absolute atomic E-state index is 11.8. The molecular formula is C15H19ClN4O2. The van der Waals surface area contributed by atoms with Crippen LogP contribution in [0.2, 0.25) is 5.15 Å². The number of nitrogens with zero attached hydrogens (tertiary/aromatic N) is 3. The van der Waals surface area contributed by atoms with E-state index in [1.807, 2.05) is 0 Å². The average molecular weight is 323 g/mol. The number of rotatable bonds is 3. The number of halogens is 1. The summed E-state index contributed by atoms with van der Waals surface area (Å²) in [7, 11) is 0. The second-order valence-corrected chi connectivity index (χ2v) is 6.32. The standard InChI is InChI=1S/C15H19ClN4O2/c1-9-17-12(16)8-13(18-9)19-10-2-4-11(5-3-10)20-14(21)6-7-15(20)22/h8,10-11H,2-7H2,1H3,(H,17,18,19). The summed E-state index contributed by atoms with van der Waals surface area (Å²) in [6.45, 7) is 1.80. The van der Waals surface area contributed by atoms with Crippen molar-refractivity contribution in [3.63, 3.8) is 0 Å². The molecule has 118 valence electrons. The number of hydrogen-bond acceptors (Lipinski definition) is 5. The molecule has 2 heterocycles. The summed E-state index contributed by atoms with van der Waals surface area (Å²) < 4.78 is 0. The van der Waals surface area contributed by atoms with Crippen LogP contribution in [0.25, 0.3) is 0 Å². The fourth-order valence-corrected chi connectivity index (χ4v) is 3.52. The molecule has 1 saturated heterocycles. The minimum Gasteiger partial charge on any atom is -0.367 e. The summed E-state index contributed by atoms with van der Waals surface area (Å²) in [6, 6.07) is 2.07. The van der Waals surface area contributed by atoms with Crippen LogP contribution in [0.3, 0.4) is 0 Å². The molecule has 7 heteroatoms. The maximum atomic E-state index is 11.8. The molecule has 2 amide bonds. The number of likely N-dealkylation sites (tertiary alicyclic amines) is 1. The van der Waals surface area contributed by atoms with Crippen molar-refractivity contribution < 1.29 is 9.59 Å².